The third-order valence-corrected chi connectivity index (χ3v) is 4.59. The molecular formula is C29H34N4O2. The molecule has 0 unspecified atom stereocenters. The lowest BCUT2D eigenvalue weighted by atomic mass is 10.2. The molecule has 1 amide bonds. The van der Waals surface area contributed by atoms with Gasteiger partial charge in [-0.05, 0) is 68.3 Å². The molecule has 0 atom stereocenters. The molecule has 2 aromatic heterocycles. The van der Waals surface area contributed by atoms with Gasteiger partial charge in [0.15, 0.2) is 0 Å². The van der Waals surface area contributed by atoms with Crippen molar-refractivity contribution in [3.8, 4) is 12.8 Å². The van der Waals surface area contributed by atoms with Crippen LogP contribution in [0.2, 0.25) is 0 Å². The minimum atomic E-state index is -0.454. The standard InChI is InChI=1S/C20H18N4O2.C7H14.C2H2/c1-4-5-16-12(2)6-8-17(23-16)19(25)24-20(21)22-15-7-9-18-14(11-15)10-13(3)26-18;1-4-5-6-7(2)3;1-2/h4-11H,1-2H2,3H3,(H3,21,22,24,25);2,4-6H2,1,3H3;1-2H/b16-5+;;. The Balaban J connectivity index is 0.000000587. The number of carbonyl (C=O) groups excluding carboxylic acids is 1. The number of furan rings is 1. The van der Waals surface area contributed by atoms with Crippen LogP contribution in [0.25, 0.3) is 23.6 Å². The number of pyridine rings is 1. The fourth-order valence-corrected chi connectivity index (χ4v) is 2.95. The van der Waals surface area contributed by atoms with Gasteiger partial charge in [-0.2, -0.15) is 0 Å². The highest BCUT2D eigenvalue weighted by molar-refractivity contribution is 6.04. The highest BCUT2D eigenvalue weighted by atomic mass is 16.3. The number of nitrogens with one attached hydrogen (secondary N) is 1. The molecule has 0 aliphatic carbocycles. The van der Waals surface area contributed by atoms with Crippen LogP contribution in [0.15, 0.2) is 70.6 Å². The molecule has 3 N–H and O–H groups in total. The zero-order valence-electron chi connectivity index (χ0n) is 20.8. The van der Waals surface area contributed by atoms with Crippen LogP contribution in [0.3, 0.4) is 0 Å². The van der Waals surface area contributed by atoms with Crippen molar-refractivity contribution in [2.45, 2.75) is 40.0 Å². The van der Waals surface area contributed by atoms with Gasteiger partial charge in [0, 0.05) is 5.39 Å². The number of rotatable bonds is 6. The number of carbonyl (C=O) groups is 1. The largest absolute Gasteiger partial charge is 0.461 e. The van der Waals surface area contributed by atoms with Crippen LogP contribution in [-0.4, -0.2) is 16.9 Å². The Hall–Kier alpha value is -4.37. The molecule has 182 valence electrons. The molecule has 0 spiro atoms. The topological polar surface area (TPSA) is 93.5 Å². The van der Waals surface area contributed by atoms with Gasteiger partial charge in [-0.15, -0.1) is 19.4 Å². The van der Waals surface area contributed by atoms with Crippen molar-refractivity contribution in [2.24, 2.45) is 10.7 Å². The lowest BCUT2D eigenvalue weighted by Crippen LogP contribution is -2.39. The summed E-state index contributed by atoms with van der Waals surface area (Å²) in [7, 11) is 0. The molecule has 35 heavy (non-hydrogen) atoms. The van der Waals surface area contributed by atoms with E-state index in [1.165, 1.54) is 24.8 Å². The van der Waals surface area contributed by atoms with E-state index in [9.17, 15) is 4.79 Å². The number of amides is 1. The molecule has 0 fully saturated rings. The van der Waals surface area contributed by atoms with Gasteiger partial charge in [-0.25, -0.2) is 9.98 Å². The molecule has 1 aromatic carbocycles. The predicted octanol–water partition coefficient (Wildman–Crippen LogP) is 4.89. The summed E-state index contributed by atoms with van der Waals surface area (Å²) in [6.07, 6.45) is 15.1. The van der Waals surface area contributed by atoms with Crippen LogP contribution in [0.5, 0.6) is 0 Å². The van der Waals surface area contributed by atoms with E-state index in [1.54, 1.807) is 30.4 Å². The lowest BCUT2D eigenvalue weighted by molar-refractivity contribution is 0.0971. The van der Waals surface area contributed by atoms with E-state index in [2.05, 4.69) is 61.7 Å². The van der Waals surface area contributed by atoms with Gasteiger partial charge < -0.3 is 10.2 Å². The zero-order chi connectivity index (χ0) is 26.4. The maximum atomic E-state index is 12.3. The first-order valence-corrected chi connectivity index (χ1v) is 11.2. The van der Waals surface area contributed by atoms with Crippen molar-refractivity contribution >= 4 is 41.2 Å². The first-order chi connectivity index (χ1) is 16.7. The summed E-state index contributed by atoms with van der Waals surface area (Å²) in [5, 5.41) is 4.72. The number of guanidine groups is 1. The van der Waals surface area contributed by atoms with Crippen molar-refractivity contribution in [2.75, 3.05) is 0 Å². The van der Waals surface area contributed by atoms with Crippen LogP contribution >= 0.6 is 0 Å². The summed E-state index contributed by atoms with van der Waals surface area (Å²) < 4.78 is 5.52. The number of aliphatic imine (C=N–C) groups is 1. The monoisotopic (exact) mass is 470 g/mol. The van der Waals surface area contributed by atoms with E-state index in [4.69, 9.17) is 10.2 Å². The summed E-state index contributed by atoms with van der Waals surface area (Å²) in [5.74, 6) is 0.337. The molecule has 6 heteroatoms. The maximum Gasteiger partial charge on any atom is 0.276 e. The molecule has 0 saturated heterocycles. The summed E-state index contributed by atoms with van der Waals surface area (Å²) in [6.45, 7) is 17.4. The van der Waals surface area contributed by atoms with Crippen LogP contribution < -0.4 is 21.6 Å². The number of hydrogen-bond acceptors (Lipinski definition) is 4. The average molecular weight is 471 g/mol. The van der Waals surface area contributed by atoms with Gasteiger partial charge in [-0.1, -0.05) is 44.2 Å². The average Bonchev–Trinajstić information content (AvgIpc) is 3.20. The molecule has 2 heterocycles. The summed E-state index contributed by atoms with van der Waals surface area (Å²) in [5.41, 5.74) is 8.75. The van der Waals surface area contributed by atoms with Crippen LogP contribution in [-0.2, 0) is 0 Å². The summed E-state index contributed by atoms with van der Waals surface area (Å²) >= 11 is 0. The van der Waals surface area contributed by atoms with Crippen LogP contribution in [0, 0.1) is 19.8 Å². The fraction of sp³-hybridized carbons (Fsp3) is 0.207. The Morgan fingerprint density at radius 2 is 1.97 bits per heavy atom. The molecular weight excluding hydrogens is 436 g/mol. The third kappa shape index (κ3) is 9.56. The molecule has 0 aliphatic rings. The Labute approximate surface area is 207 Å². The normalized spacial score (nSPS) is 11.0. The van der Waals surface area contributed by atoms with E-state index in [0.29, 0.717) is 16.3 Å². The Morgan fingerprint density at radius 3 is 2.57 bits per heavy atom. The van der Waals surface area contributed by atoms with Gasteiger partial charge in [0.1, 0.15) is 17.0 Å². The smallest absolute Gasteiger partial charge is 0.276 e. The number of allylic oxidation sites excluding steroid dienone is 2. The Kier molecular flexibility index (Phi) is 12.0. The van der Waals surface area contributed by atoms with Crippen molar-refractivity contribution in [3.63, 3.8) is 0 Å². The number of benzene rings is 1. The van der Waals surface area contributed by atoms with Gasteiger partial charge in [-0.3, -0.25) is 10.1 Å². The van der Waals surface area contributed by atoms with Crippen molar-refractivity contribution in [1.82, 2.24) is 10.3 Å². The second kappa shape index (κ2) is 14.7. The van der Waals surface area contributed by atoms with Crippen LogP contribution in [0.4, 0.5) is 5.69 Å². The fourth-order valence-electron chi connectivity index (χ4n) is 2.95. The maximum absolute atomic E-state index is 12.3. The Morgan fingerprint density at radius 1 is 1.26 bits per heavy atom. The molecule has 0 bridgehead atoms. The second-order valence-corrected chi connectivity index (χ2v) is 7.73. The van der Waals surface area contributed by atoms with E-state index in [0.717, 1.165) is 16.7 Å². The number of unbranched alkanes of at least 4 members (excludes halogenated alkanes) is 1. The van der Waals surface area contributed by atoms with Crippen molar-refractivity contribution in [1.29, 1.82) is 0 Å². The Bertz CT molecular complexity index is 1330. The first kappa shape index (κ1) is 28.7. The van der Waals surface area contributed by atoms with E-state index < -0.39 is 5.91 Å². The highest BCUT2D eigenvalue weighted by Gasteiger charge is 2.09. The number of fused-ring (bicyclic) bond motifs is 1. The lowest BCUT2D eigenvalue weighted by Gasteiger charge is -2.04. The van der Waals surface area contributed by atoms with Gasteiger partial charge >= 0.3 is 0 Å². The molecule has 3 rings (SSSR count). The number of terminal acetylenes is 1. The SMILES string of the molecule is C#C.C=C(C)CCCC.C=C/C=c1/nc(C(=O)NC(N)=Nc2ccc3oc(C)cc3c2)ccc1=C. The first-order valence-electron chi connectivity index (χ1n) is 11.2. The molecule has 6 nitrogen and oxygen atoms in total. The quantitative estimate of drug-likeness (QED) is 0.232. The van der Waals surface area contributed by atoms with Crippen molar-refractivity contribution in [3.05, 3.63) is 83.2 Å². The number of aryl methyl sites for hydroxylation is 1. The minimum absolute atomic E-state index is 0.0238. The predicted molar refractivity (Wildman–Crippen MR) is 148 cm³/mol. The number of aromatic nitrogens is 1. The van der Waals surface area contributed by atoms with Gasteiger partial charge in [0.2, 0.25) is 5.96 Å². The second-order valence-electron chi connectivity index (χ2n) is 7.73. The van der Waals surface area contributed by atoms with E-state index in [1.807, 2.05) is 25.1 Å². The molecule has 0 saturated carbocycles. The molecule has 0 aliphatic heterocycles. The summed E-state index contributed by atoms with van der Waals surface area (Å²) in [6, 6.07) is 10.6. The van der Waals surface area contributed by atoms with Gasteiger partial charge in [0.25, 0.3) is 5.91 Å². The number of nitrogens with zero attached hydrogens (tertiary/aromatic N) is 2. The van der Waals surface area contributed by atoms with E-state index >= 15 is 0 Å². The zero-order valence-corrected chi connectivity index (χ0v) is 20.8. The van der Waals surface area contributed by atoms with Gasteiger partial charge in [0.05, 0.1) is 11.0 Å². The van der Waals surface area contributed by atoms with E-state index in [-0.39, 0.29) is 11.7 Å². The number of hydrogen-bond donors (Lipinski definition) is 2. The molecule has 3 aromatic rings. The van der Waals surface area contributed by atoms with Crippen LogP contribution in [0.1, 0.15) is 49.4 Å². The molecule has 0 radical (unpaired) electrons. The highest BCUT2D eigenvalue weighted by Crippen LogP contribution is 2.24. The van der Waals surface area contributed by atoms with Crippen molar-refractivity contribution < 1.29 is 9.21 Å². The summed E-state index contributed by atoms with van der Waals surface area (Å²) in [4.78, 5) is 20.8. The minimum Gasteiger partial charge on any atom is -0.461 e. The number of nitrogens with two attached hydrogens (primary N) is 1. The third-order valence-electron chi connectivity index (χ3n) is 4.59.